The van der Waals surface area contributed by atoms with Crippen LogP contribution in [-0.4, -0.2) is 27.3 Å². The van der Waals surface area contributed by atoms with Crippen LogP contribution in [0.5, 0.6) is 0 Å². The number of carbonyl (C=O) groups excluding carboxylic acids is 1. The van der Waals surface area contributed by atoms with E-state index in [4.69, 9.17) is 0 Å². The molecule has 0 saturated heterocycles. The number of benzene rings is 2. The van der Waals surface area contributed by atoms with Crippen molar-refractivity contribution in [3.8, 4) is 0 Å². The number of anilines is 1. The average molecular weight is 365 g/mol. The minimum Gasteiger partial charge on any atom is -0.310 e. The first kappa shape index (κ1) is 16.8. The summed E-state index contributed by atoms with van der Waals surface area (Å²) >= 11 is 1.79. The van der Waals surface area contributed by atoms with Gasteiger partial charge in [0.1, 0.15) is 6.54 Å². The van der Waals surface area contributed by atoms with Gasteiger partial charge in [-0.25, -0.2) is 4.98 Å². The maximum Gasteiger partial charge on any atom is 0.269 e. The molecule has 2 heterocycles. The van der Waals surface area contributed by atoms with Crippen molar-refractivity contribution in [3.05, 3.63) is 65.1 Å². The molecular formula is C20H19N3O2S. The molecule has 1 aliphatic rings. The summed E-state index contributed by atoms with van der Waals surface area (Å²) in [4.78, 5) is 32.5. The van der Waals surface area contributed by atoms with Crippen molar-refractivity contribution in [3.63, 3.8) is 0 Å². The predicted octanol–water partition coefficient (Wildman–Crippen LogP) is 3.31. The lowest BCUT2D eigenvalue weighted by Gasteiger charge is -2.23. The molecule has 0 spiro atoms. The Kier molecular flexibility index (Phi) is 4.51. The van der Waals surface area contributed by atoms with E-state index in [1.54, 1.807) is 11.8 Å². The number of rotatable bonds is 2. The molecule has 0 fully saturated rings. The second-order valence-corrected chi connectivity index (χ2v) is 7.88. The quantitative estimate of drug-likeness (QED) is 0.699. The minimum atomic E-state index is -0.261. The van der Waals surface area contributed by atoms with Gasteiger partial charge in [0.25, 0.3) is 5.56 Å². The first-order chi connectivity index (χ1) is 12.6. The summed E-state index contributed by atoms with van der Waals surface area (Å²) in [5, 5.41) is 0.443. The molecule has 4 rings (SSSR count). The molecule has 6 heteroatoms. The van der Waals surface area contributed by atoms with Crippen LogP contribution in [0.25, 0.3) is 11.0 Å². The van der Waals surface area contributed by atoms with E-state index >= 15 is 0 Å². The average Bonchev–Trinajstić information content (AvgIpc) is 2.82. The highest BCUT2D eigenvalue weighted by Crippen LogP contribution is 2.37. The molecule has 1 atom stereocenters. The lowest BCUT2D eigenvalue weighted by molar-refractivity contribution is -0.119. The van der Waals surface area contributed by atoms with Crippen LogP contribution >= 0.6 is 11.8 Å². The van der Waals surface area contributed by atoms with Gasteiger partial charge in [-0.1, -0.05) is 31.2 Å². The summed E-state index contributed by atoms with van der Waals surface area (Å²) < 4.78 is 1.51. The largest absolute Gasteiger partial charge is 0.310 e. The topological polar surface area (TPSA) is 55.2 Å². The van der Waals surface area contributed by atoms with Crippen molar-refractivity contribution in [2.24, 2.45) is 0 Å². The molecule has 26 heavy (non-hydrogen) atoms. The first-order valence-electron chi connectivity index (χ1n) is 8.64. The molecule has 5 nitrogen and oxygen atoms in total. The smallest absolute Gasteiger partial charge is 0.269 e. The Morgan fingerprint density at radius 2 is 1.96 bits per heavy atom. The zero-order valence-electron chi connectivity index (χ0n) is 14.5. The lowest BCUT2D eigenvalue weighted by atomic mass is 10.2. The number of fused-ring (bicyclic) bond motifs is 2. The SMILES string of the molecule is CC1CCN(C(=O)Cn2c(=O)cnc3ccccc32)c2ccccc2S1. The van der Waals surface area contributed by atoms with Crippen LogP contribution in [0.4, 0.5) is 5.69 Å². The van der Waals surface area contributed by atoms with Crippen LogP contribution < -0.4 is 10.5 Å². The van der Waals surface area contributed by atoms with Crippen molar-refractivity contribution in [2.75, 3.05) is 11.4 Å². The van der Waals surface area contributed by atoms with Crippen LogP contribution in [0.1, 0.15) is 13.3 Å². The van der Waals surface area contributed by atoms with Gasteiger partial charge in [0, 0.05) is 16.7 Å². The van der Waals surface area contributed by atoms with E-state index in [1.165, 1.54) is 10.8 Å². The van der Waals surface area contributed by atoms with E-state index in [2.05, 4.69) is 18.0 Å². The Balaban J connectivity index is 1.72. The van der Waals surface area contributed by atoms with E-state index in [0.29, 0.717) is 22.8 Å². The summed E-state index contributed by atoms with van der Waals surface area (Å²) in [7, 11) is 0. The Bertz CT molecular complexity index is 1030. The van der Waals surface area contributed by atoms with Gasteiger partial charge in [-0.2, -0.15) is 0 Å². The van der Waals surface area contributed by atoms with Crippen molar-refractivity contribution in [1.29, 1.82) is 0 Å². The van der Waals surface area contributed by atoms with Crippen LogP contribution in [0.2, 0.25) is 0 Å². The molecule has 1 aromatic heterocycles. The third-order valence-corrected chi connectivity index (χ3v) is 5.83. The minimum absolute atomic E-state index is 0.00918. The van der Waals surface area contributed by atoms with Gasteiger partial charge in [0.15, 0.2) is 0 Å². The Labute approximate surface area is 155 Å². The normalized spacial score (nSPS) is 17.0. The standard InChI is InChI=1S/C20H19N3O2S/c1-14-10-11-22(17-8-4-5-9-18(17)26-14)20(25)13-23-16-7-3-2-6-15(16)21-12-19(23)24/h2-9,12,14H,10-11,13H2,1H3. The van der Waals surface area contributed by atoms with Crippen molar-refractivity contribution < 1.29 is 4.79 Å². The van der Waals surface area contributed by atoms with E-state index in [9.17, 15) is 9.59 Å². The number of hydrogen-bond acceptors (Lipinski definition) is 4. The number of carbonyl (C=O) groups is 1. The molecule has 2 aromatic carbocycles. The van der Waals surface area contributed by atoms with Crippen LogP contribution in [-0.2, 0) is 11.3 Å². The molecule has 0 bridgehead atoms. The first-order valence-corrected chi connectivity index (χ1v) is 9.52. The van der Waals surface area contributed by atoms with E-state index in [1.807, 2.05) is 47.4 Å². The maximum atomic E-state index is 13.1. The molecule has 1 aliphatic heterocycles. The number of amides is 1. The Morgan fingerprint density at radius 1 is 1.19 bits per heavy atom. The zero-order chi connectivity index (χ0) is 18.1. The van der Waals surface area contributed by atoms with Crippen LogP contribution in [0.3, 0.4) is 0 Å². The molecule has 0 N–H and O–H groups in total. The van der Waals surface area contributed by atoms with Gasteiger partial charge in [-0.15, -0.1) is 11.8 Å². The number of hydrogen-bond donors (Lipinski definition) is 0. The second-order valence-electron chi connectivity index (χ2n) is 6.40. The molecule has 0 saturated carbocycles. The van der Waals surface area contributed by atoms with Crippen molar-refractivity contribution in [2.45, 2.75) is 30.0 Å². The van der Waals surface area contributed by atoms with Gasteiger partial charge < -0.3 is 4.90 Å². The fraction of sp³-hybridized carbons (Fsp3) is 0.250. The lowest BCUT2D eigenvalue weighted by Crippen LogP contribution is -2.37. The van der Waals surface area contributed by atoms with Gasteiger partial charge in [0.2, 0.25) is 5.91 Å². The van der Waals surface area contributed by atoms with Gasteiger partial charge in [-0.05, 0) is 30.7 Å². The summed E-state index contributed by atoms with van der Waals surface area (Å²) in [6, 6.07) is 15.4. The summed E-state index contributed by atoms with van der Waals surface area (Å²) in [6.07, 6.45) is 2.20. The molecule has 0 aliphatic carbocycles. The fourth-order valence-corrected chi connectivity index (χ4v) is 4.36. The van der Waals surface area contributed by atoms with Gasteiger partial charge in [-0.3, -0.25) is 14.2 Å². The highest BCUT2D eigenvalue weighted by molar-refractivity contribution is 8.00. The fourth-order valence-electron chi connectivity index (χ4n) is 3.24. The second kappa shape index (κ2) is 6.96. The highest BCUT2D eigenvalue weighted by Gasteiger charge is 2.24. The number of nitrogens with zero attached hydrogens (tertiary/aromatic N) is 3. The summed E-state index contributed by atoms with van der Waals surface area (Å²) in [5.74, 6) is -0.0781. The van der Waals surface area contributed by atoms with Gasteiger partial charge in [0.05, 0.1) is 22.9 Å². The maximum absolute atomic E-state index is 13.1. The molecule has 3 aromatic rings. The zero-order valence-corrected chi connectivity index (χ0v) is 15.3. The molecule has 1 amide bonds. The summed E-state index contributed by atoms with van der Waals surface area (Å²) in [5.41, 5.74) is 2.06. The van der Waals surface area contributed by atoms with Gasteiger partial charge >= 0.3 is 0 Å². The van der Waals surface area contributed by atoms with E-state index in [-0.39, 0.29) is 18.0 Å². The highest BCUT2D eigenvalue weighted by atomic mass is 32.2. The number of aromatic nitrogens is 2. The van der Waals surface area contributed by atoms with Crippen LogP contribution in [0.15, 0.2) is 64.4 Å². The molecule has 1 unspecified atom stereocenters. The molecule has 0 radical (unpaired) electrons. The van der Waals surface area contributed by atoms with E-state index in [0.717, 1.165) is 17.0 Å². The van der Waals surface area contributed by atoms with Crippen molar-refractivity contribution in [1.82, 2.24) is 9.55 Å². The monoisotopic (exact) mass is 365 g/mol. The Morgan fingerprint density at radius 3 is 2.85 bits per heavy atom. The Hall–Kier alpha value is -2.60. The molecular weight excluding hydrogens is 346 g/mol. The van der Waals surface area contributed by atoms with E-state index < -0.39 is 0 Å². The number of para-hydroxylation sites is 3. The molecule has 132 valence electrons. The predicted molar refractivity (Wildman–Crippen MR) is 105 cm³/mol. The summed E-state index contributed by atoms with van der Waals surface area (Å²) in [6.45, 7) is 2.84. The number of thioether (sulfide) groups is 1. The van der Waals surface area contributed by atoms with Crippen LogP contribution in [0, 0.1) is 0 Å². The third kappa shape index (κ3) is 3.12. The third-order valence-electron chi connectivity index (χ3n) is 4.59. The van der Waals surface area contributed by atoms with Crippen molar-refractivity contribution >= 4 is 34.4 Å².